The molecule has 0 aromatic heterocycles. The van der Waals surface area contributed by atoms with Crippen LogP contribution >= 0.6 is 0 Å². The number of aryl methyl sites for hydroxylation is 1. The third-order valence-electron chi connectivity index (χ3n) is 3.84. The monoisotopic (exact) mass is 294 g/mol. The van der Waals surface area contributed by atoms with E-state index in [0.717, 1.165) is 24.1 Å². The number of sulfonamides is 1. The molecule has 0 bridgehead atoms. The Balaban J connectivity index is 1.96. The lowest BCUT2D eigenvalue weighted by molar-refractivity contribution is -0.116. The molecule has 1 aliphatic carbocycles. The first-order valence-corrected chi connectivity index (χ1v) is 8.41. The van der Waals surface area contributed by atoms with E-state index in [0.29, 0.717) is 24.3 Å². The van der Waals surface area contributed by atoms with Crippen LogP contribution in [0.15, 0.2) is 23.1 Å². The molecule has 0 atom stereocenters. The van der Waals surface area contributed by atoms with Gasteiger partial charge in [-0.25, -0.2) is 8.42 Å². The summed E-state index contributed by atoms with van der Waals surface area (Å²) in [4.78, 5) is 11.7. The molecule has 1 aliphatic heterocycles. The predicted octanol–water partition coefficient (Wildman–Crippen LogP) is 1.74. The van der Waals surface area contributed by atoms with Crippen LogP contribution in [0.5, 0.6) is 0 Å². The lowest BCUT2D eigenvalue weighted by Crippen LogP contribution is -2.33. The van der Waals surface area contributed by atoms with Crippen molar-refractivity contribution in [2.45, 2.75) is 43.5 Å². The summed E-state index contributed by atoms with van der Waals surface area (Å²) in [5.74, 6) is -0.0127. The van der Waals surface area contributed by atoms with Crippen molar-refractivity contribution < 1.29 is 13.2 Å². The van der Waals surface area contributed by atoms with Gasteiger partial charge in [-0.1, -0.05) is 6.92 Å². The molecule has 1 aromatic carbocycles. The van der Waals surface area contributed by atoms with E-state index in [9.17, 15) is 13.2 Å². The maximum absolute atomic E-state index is 12.6. The third-order valence-corrected chi connectivity index (χ3v) is 5.87. The minimum Gasteiger partial charge on any atom is -0.326 e. The Morgan fingerprint density at radius 3 is 2.70 bits per heavy atom. The van der Waals surface area contributed by atoms with Crippen molar-refractivity contribution in [2.75, 3.05) is 11.9 Å². The molecular weight excluding hydrogens is 276 g/mol. The highest BCUT2D eigenvalue weighted by molar-refractivity contribution is 7.89. The standard InChI is InChI=1S/C14H18N2O3S/c1-2-16(11-4-5-11)20(18,19)12-6-7-13-10(9-12)3-8-14(17)15-13/h6-7,9,11H,2-5,8H2,1H3,(H,15,17). The SMILES string of the molecule is CCN(C1CC1)S(=O)(=O)c1ccc2c(c1)CCC(=O)N2. The zero-order chi connectivity index (χ0) is 14.3. The number of benzene rings is 1. The molecule has 6 heteroatoms. The Labute approximate surface area is 119 Å². The fourth-order valence-corrected chi connectivity index (χ4v) is 4.39. The highest BCUT2D eigenvalue weighted by Gasteiger charge is 2.37. The molecule has 20 heavy (non-hydrogen) atoms. The van der Waals surface area contributed by atoms with Gasteiger partial charge in [0.05, 0.1) is 4.90 Å². The minimum absolute atomic E-state index is 0.0127. The molecule has 108 valence electrons. The second-order valence-corrected chi connectivity index (χ2v) is 7.20. The van der Waals surface area contributed by atoms with E-state index in [4.69, 9.17) is 0 Å². The normalized spacial score (nSPS) is 18.8. The zero-order valence-electron chi connectivity index (χ0n) is 11.4. The fourth-order valence-electron chi connectivity index (χ4n) is 2.64. The molecule has 0 spiro atoms. The average molecular weight is 294 g/mol. The number of carbonyl (C=O) groups excluding carboxylic acids is 1. The van der Waals surface area contributed by atoms with Crippen molar-refractivity contribution in [1.29, 1.82) is 0 Å². The van der Waals surface area contributed by atoms with Gasteiger partial charge in [-0.3, -0.25) is 4.79 Å². The van der Waals surface area contributed by atoms with Crippen molar-refractivity contribution >= 4 is 21.6 Å². The summed E-state index contributed by atoms with van der Waals surface area (Å²) < 4.78 is 26.8. The molecule has 0 radical (unpaired) electrons. The summed E-state index contributed by atoms with van der Waals surface area (Å²) in [5.41, 5.74) is 1.63. The zero-order valence-corrected chi connectivity index (χ0v) is 12.2. The van der Waals surface area contributed by atoms with Crippen molar-refractivity contribution in [3.05, 3.63) is 23.8 Å². The molecule has 5 nitrogen and oxygen atoms in total. The first-order chi connectivity index (χ1) is 9.52. The number of nitrogens with one attached hydrogen (secondary N) is 1. The van der Waals surface area contributed by atoms with E-state index < -0.39 is 10.0 Å². The third kappa shape index (κ3) is 2.33. The molecule has 1 fully saturated rings. The minimum atomic E-state index is -3.41. The van der Waals surface area contributed by atoms with Crippen molar-refractivity contribution in [1.82, 2.24) is 4.31 Å². The van der Waals surface area contributed by atoms with Crippen LogP contribution in [-0.2, 0) is 21.2 Å². The smallest absolute Gasteiger partial charge is 0.243 e. The van der Waals surface area contributed by atoms with Crippen LogP contribution in [0.1, 0.15) is 31.7 Å². The van der Waals surface area contributed by atoms with E-state index in [1.165, 1.54) is 0 Å². The largest absolute Gasteiger partial charge is 0.326 e. The van der Waals surface area contributed by atoms with Gasteiger partial charge in [-0.05, 0) is 43.0 Å². The van der Waals surface area contributed by atoms with Gasteiger partial charge >= 0.3 is 0 Å². The highest BCUT2D eigenvalue weighted by Crippen LogP contribution is 2.33. The summed E-state index contributed by atoms with van der Waals surface area (Å²) >= 11 is 0. The Morgan fingerprint density at radius 1 is 1.30 bits per heavy atom. The topological polar surface area (TPSA) is 66.5 Å². The molecule has 0 unspecified atom stereocenters. The van der Waals surface area contributed by atoms with E-state index >= 15 is 0 Å². The van der Waals surface area contributed by atoms with Crippen molar-refractivity contribution in [3.8, 4) is 0 Å². The van der Waals surface area contributed by atoms with Crippen molar-refractivity contribution in [2.24, 2.45) is 0 Å². The summed E-state index contributed by atoms with van der Waals surface area (Å²) in [6.45, 7) is 2.37. The molecule has 3 rings (SSSR count). The molecule has 1 amide bonds. The number of nitrogens with zero attached hydrogens (tertiary/aromatic N) is 1. The molecule has 0 saturated heterocycles. The maximum atomic E-state index is 12.6. The second-order valence-electron chi connectivity index (χ2n) is 5.31. The van der Waals surface area contributed by atoms with Gasteiger partial charge < -0.3 is 5.32 Å². The predicted molar refractivity (Wildman–Crippen MR) is 76.0 cm³/mol. The van der Waals surface area contributed by atoms with Crippen LogP contribution < -0.4 is 5.32 Å². The molecule has 1 heterocycles. The molecule has 1 saturated carbocycles. The number of carbonyl (C=O) groups is 1. The second kappa shape index (κ2) is 4.86. The van der Waals surface area contributed by atoms with Gasteiger partial charge in [0.1, 0.15) is 0 Å². The first-order valence-electron chi connectivity index (χ1n) is 6.97. The fraction of sp³-hybridized carbons (Fsp3) is 0.500. The van der Waals surface area contributed by atoms with Crippen LogP contribution in [0, 0.1) is 0 Å². The molecule has 2 aliphatic rings. The summed E-state index contributed by atoms with van der Waals surface area (Å²) in [6.07, 6.45) is 2.92. The van der Waals surface area contributed by atoms with Crippen LogP contribution in [0.3, 0.4) is 0 Å². The van der Waals surface area contributed by atoms with Gasteiger partial charge in [0.2, 0.25) is 15.9 Å². The van der Waals surface area contributed by atoms with Crippen LogP contribution in [0.25, 0.3) is 0 Å². The van der Waals surface area contributed by atoms with Gasteiger partial charge in [-0.2, -0.15) is 4.31 Å². The Kier molecular flexibility index (Phi) is 3.30. The first kappa shape index (κ1) is 13.6. The average Bonchev–Trinajstić information content (AvgIpc) is 3.23. The van der Waals surface area contributed by atoms with Gasteiger partial charge in [-0.15, -0.1) is 0 Å². The van der Waals surface area contributed by atoms with Crippen LogP contribution in [-0.4, -0.2) is 31.2 Å². The number of anilines is 1. The summed E-state index contributed by atoms with van der Waals surface area (Å²) in [7, 11) is -3.41. The summed E-state index contributed by atoms with van der Waals surface area (Å²) in [5, 5.41) is 2.77. The van der Waals surface area contributed by atoms with Gasteiger partial charge in [0, 0.05) is 24.7 Å². The van der Waals surface area contributed by atoms with Crippen LogP contribution in [0.2, 0.25) is 0 Å². The maximum Gasteiger partial charge on any atom is 0.243 e. The Bertz CT molecular complexity index is 650. The van der Waals surface area contributed by atoms with Crippen molar-refractivity contribution in [3.63, 3.8) is 0 Å². The Morgan fingerprint density at radius 2 is 2.05 bits per heavy atom. The van der Waals surface area contributed by atoms with Crippen LogP contribution in [0.4, 0.5) is 5.69 Å². The molecule has 1 N–H and O–H groups in total. The number of hydrogen-bond donors (Lipinski definition) is 1. The van der Waals surface area contributed by atoms with E-state index in [-0.39, 0.29) is 11.9 Å². The van der Waals surface area contributed by atoms with Gasteiger partial charge in [0.15, 0.2) is 0 Å². The summed E-state index contributed by atoms with van der Waals surface area (Å²) in [6, 6.07) is 5.15. The number of rotatable bonds is 4. The molecule has 1 aromatic rings. The lowest BCUT2D eigenvalue weighted by Gasteiger charge is -2.22. The van der Waals surface area contributed by atoms with E-state index in [2.05, 4.69) is 5.32 Å². The Hall–Kier alpha value is -1.40. The number of fused-ring (bicyclic) bond motifs is 1. The quantitative estimate of drug-likeness (QED) is 0.920. The number of hydrogen-bond acceptors (Lipinski definition) is 3. The highest BCUT2D eigenvalue weighted by atomic mass is 32.2. The lowest BCUT2D eigenvalue weighted by atomic mass is 10.0. The number of amides is 1. The van der Waals surface area contributed by atoms with E-state index in [1.54, 1.807) is 22.5 Å². The van der Waals surface area contributed by atoms with Gasteiger partial charge in [0.25, 0.3) is 0 Å². The molecular formula is C14H18N2O3S. The van der Waals surface area contributed by atoms with E-state index in [1.807, 2.05) is 6.92 Å².